The summed E-state index contributed by atoms with van der Waals surface area (Å²) < 4.78 is 13.5. The molecule has 1 aliphatic rings. The molecule has 0 spiro atoms. The van der Waals surface area contributed by atoms with Gasteiger partial charge in [0.1, 0.15) is 5.60 Å². The van der Waals surface area contributed by atoms with E-state index in [0.29, 0.717) is 32.5 Å². The Morgan fingerprint density at radius 1 is 1.53 bits per heavy atom. The highest BCUT2D eigenvalue weighted by atomic mass is 79.9. The summed E-state index contributed by atoms with van der Waals surface area (Å²) in [6.07, 6.45) is 1.57. The van der Waals surface area contributed by atoms with E-state index in [9.17, 15) is 4.79 Å². The molecular formula is C13H19BrN2O3. The zero-order valence-corrected chi connectivity index (χ0v) is 13.1. The molecule has 0 radical (unpaired) electrons. The normalized spacial score (nSPS) is 18.5. The molecule has 0 unspecified atom stereocenters. The average molecular weight is 331 g/mol. The van der Waals surface area contributed by atoms with Crippen molar-refractivity contribution in [2.24, 2.45) is 7.05 Å². The highest BCUT2D eigenvalue weighted by Gasteiger charge is 2.40. The molecule has 1 saturated heterocycles. The van der Waals surface area contributed by atoms with E-state index >= 15 is 0 Å². The number of aryl methyl sites for hydroxylation is 2. The molecule has 6 heteroatoms. The van der Waals surface area contributed by atoms with Gasteiger partial charge in [-0.2, -0.15) is 5.10 Å². The van der Waals surface area contributed by atoms with Crippen LogP contribution in [0.5, 0.6) is 0 Å². The Balaban J connectivity index is 2.19. The van der Waals surface area contributed by atoms with Crippen LogP contribution < -0.4 is 0 Å². The molecular weight excluding hydrogens is 312 g/mol. The highest BCUT2D eigenvalue weighted by molar-refractivity contribution is 9.10. The molecule has 0 atom stereocenters. The summed E-state index contributed by atoms with van der Waals surface area (Å²) in [5, 5.41) is 4.31. The quantitative estimate of drug-likeness (QED) is 0.844. The molecule has 0 amide bonds. The predicted octanol–water partition coefficient (Wildman–Crippen LogP) is 1.80. The summed E-state index contributed by atoms with van der Waals surface area (Å²) in [4.78, 5) is 12.6. The van der Waals surface area contributed by atoms with Gasteiger partial charge in [0, 0.05) is 40.2 Å². The lowest BCUT2D eigenvalue weighted by Crippen LogP contribution is -2.46. The third-order valence-electron chi connectivity index (χ3n) is 3.79. The monoisotopic (exact) mass is 330 g/mol. The van der Waals surface area contributed by atoms with E-state index in [4.69, 9.17) is 9.47 Å². The number of rotatable bonds is 4. The van der Waals surface area contributed by atoms with Crippen molar-refractivity contribution < 1.29 is 14.3 Å². The second kappa shape index (κ2) is 5.73. The maximum Gasteiger partial charge on any atom is 0.170 e. The number of ketones is 1. The second-order valence-corrected chi connectivity index (χ2v) is 5.67. The molecule has 0 aromatic carbocycles. The van der Waals surface area contributed by atoms with E-state index in [2.05, 4.69) is 21.0 Å². The number of Topliss-reactive ketones (excluding diaryl/α,β-unsaturated/α-hetero) is 1. The third-order valence-corrected chi connectivity index (χ3v) is 4.82. The van der Waals surface area contributed by atoms with Crippen LogP contribution in [0.25, 0.3) is 0 Å². The van der Waals surface area contributed by atoms with Gasteiger partial charge in [0.25, 0.3) is 0 Å². The van der Waals surface area contributed by atoms with Crippen molar-refractivity contribution in [1.82, 2.24) is 9.78 Å². The van der Waals surface area contributed by atoms with Crippen LogP contribution in [0.15, 0.2) is 4.47 Å². The van der Waals surface area contributed by atoms with Gasteiger partial charge in [-0.05, 0) is 22.9 Å². The zero-order valence-electron chi connectivity index (χ0n) is 11.5. The summed E-state index contributed by atoms with van der Waals surface area (Å²) >= 11 is 3.49. The van der Waals surface area contributed by atoms with Crippen LogP contribution in [0.3, 0.4) is 0 Å². The van der Waals surface area contributed by atoms with Crippen LogP contribution in [-0.4, -0.2) is 41.5 Å². The second-order valence-electron chi connectivity index (χ2n) is 4.88. The van der Waals surface area contributed by atoms with Crippen molar-refractivity contribution in [2.45, 2.75) is 31.8 Å². The number of aromatic nitrogens is 2. The van der Waals surface area contributed by atoms with E-state index in [-0.39, 0.29) is 5.78 Å². The van der Waals surface area contributed by atoms with Crippen molar-refractivity contribution in [1.29, 1.82) is 0 Å². The fourth-order valence-electron chi connectivity index (χ4n) is 2.48. The van der Waals surface area contributed by atoms with Crippen LogP contribution in [-0.2, 0) is 27.7 Å². The smallest absolute Gasteiger partial charge is 0.170 e. The van der Waals surface area contributed by atoms with Crippen LogP contribution in [0.2, 0.25) is 0 Å². The Kier molecular flexibility index (Phi) is 4.43. The minimum atomic E-state index is -0.699. The Labute approximate surface area is 121 Å². The molecule has 0 N–H and O–H groups in total. The molecule has 2 heterocycles. The van der Waals surface area contributed by atoms with Gasteiger partial charge in [0.05, 0.1) is 22.3 Å². The van der Waals surface area contributed by atoms with Gasteiger partial charge in [0.15, 0.2) is 5.78 Å². The lowest BCUT2D eigenvalue weighted by atomic mass is 9.87. The van der Waals surface area contributed by atoms with Crippen LogP contribution >= 0.6 is 15.9 Å². The summed E-state index contributed by atoms with van der Waals surface area (Å²) in [7, 11) is 3.45. The van der Waals surface area contributed by atoms with Gasteiger partial charge in [-0.1, -0.05) is 0 Å². The maximum atomic E-state index is 12.6. The molecule has 1 aromatic rings. The van der Waals surface area contributed by atoms with Gasteiger partial charge >= 0.3 is 0 Å². The van der Waals surface area contributed by atoms with Crippen molar-refractivity contribution in [3.05, 3.63) is 15.9 Å². The Hall–Kier alpha value is -0.720. The molecule has 2 rings (SSSR count). The van der Waals surface area contributed by atoms with Gasteiger partial charge in [0.2, 0.25) is 0 Å². The minimum Gasteiger partial charge on any atom is -0.381 e. The van der Waals surface area contributed by atoms with Gasteiger partial charge in [-0.25, -0.2) is 0 Å². The number of carbonyl (C=O) groups is 1. The first kappa shape index (κ1) is 14.7. The molecule has 0 saturated carbocycles. The van der Waals surface area contributed by atoms with E-state index in [0.717, 1.165) is 15.9 Å². The van der Waals surface area contributed by atoms with Crippen molar-refractivity contribution in [3.63, 3.8) is 0 Å². The SMILES string of the molecule is COC1(C(=O)Cc2c(Br)c(C)nn2C)CCOCC1. The zero-order chi connectivity index (χ0) is 14.0. The number of halogens is 1. The van der Waals surface area contributed by atoms with E-state index < -0.39 is 5.60 Å². The molecule has 1 fully saturated rings. The van der Waals surface area contributed by atoms with E-state index in [1.165, 1.54) is 0 Å². The predicted molar refractivity (Wildman–Crippen MR) is 74.1 cm³/mol. The fourth-order valence-corrected chi connectivity index (χ4v) is 2.96. The number of nitrogens with zero attached hydrogens (tertiary/aromatic N) is 2. The number of carbonyl (C=O) groups excluding carboxylic acids is 1. The maximum absolute atomic E-state index is 12.6. The molecule has 5 nitrogen and oxygen atoms in total. The first-order chi connectivity index (χ1) is 9.00. The summed E-state index contributed by atoms with van der Waals surface area (Å²) in [5.74, 6) is 0.0991. The lowest BCUT2D eigenvalue weighted by molar-refractivity contribution is -0.152. The van der Waals surface area contributed by atoms with Gasteiger partial charge in [-0.3, -0.25) is 9.48 Å². The van der Waals surface area contributed by atoms with E-state index in [1.54, 1.807) is 11.8 Å². The Morgan fingerprint density at radius 2 is 2.16 bits per heavy atom. The Morgan fingerprint density at radius 3 is 2.63 bits per heavy atom. The first-order valence-corrected chi connectivity index (χ1v) is 7.13. The van der Waals surface area contributed by atoms with Crippen LogP contribution in [0, 0.1) is 6.92 Å². The first-order valence-electron chi connectivity index (χ1n) is 6.34. The molecule has 19 heavy (non-hydrogen) atoms. The van der Waals surface area contributed by atoms with Crippen molar-refractivity contribution in [2.75, 3.05) is 20.3 Å². The molecule has 106 valence electrons. The lowest BCUT2D eigenvalue weighted by Gasteiger charge is -2.34. The van der Waals surface area contributed by atoms with Crippen LogP contribution in [0.1, 0.15) is 24.2 Å². The largest absolute Gasteiger partial charge is 0.381 e. The molecule has 1 aromatic heterocycles. The van der Waals surface area contributed by atoms with E-state index in [1.807, 2.05) is 14.0 Å². The van der Waals surface area contributed by atoms with Gasteiger partial charge in [-0.15, -0.1) is 0 Å². The van der Waals surface area contributed by atoms with Crippen molar-refractivity contribution in [3.8, 4) is 0 Å². The van der Waals surface area contributed by atoms with Crippen molar-refractivity contribution >= 4 is 21.7 Å². The molecule has 0 bridgehead atoms. The molecule has 0 aliphatic carbocycles. The highest BCUT2D eigenvalue weighted by Crippen LogP contribution is 2.29. The Bertz CT molecular complexity index is 478. The molecule has 1 aliphatic heterocycles. The van der Waals surface area contributed by atoms with Gasteiger partial charge < -0.3 is 9.47 Å². The third kappa shape index (κ3) is 2.75. The number of methoxy groups -OCH3 is 1. The number of ether oxygens (including phenoxy) is 2. The standard InChI is InChI=1S/C13H19BrN2O3/c1-9-12(14)10(16(2)15-9)8-11(17)13(18-3)4-6-19-7-5-13/h4-8H2,1-3H3. The topological polar surface area (TPSA) is 53.3 Å². The summed E-state index contributed by atoms with van der Waals surface area (Å²) in [5.41, 5.74) is 1.09. The number of hydrogen-bond donors (Lipinski definition) is 0. The fraction of sp³-hybridized carbons (Fsp3) is 0.692. The average Bonchev–Trinajstić information content (AvgIpc) is 2.66. The minimum absolute atomic E-state index is 0.0991. The summed E-state index contributed by atoms with van der Waals surface area (Å²) in [6, 6.07) is 0. The number of hydrogen-bond acceptors (Lipinski definition) is 4. The van der Waals surface area contributed by atoms with Crippen LogP contribution in [0.4, 0.5) is 0 Å². The summed E-state index contributed by atoms with van der Waals surface area (Å²) in [6.45, 7) is 3.06.